The highest BCUT2D eigenvalue weighted by Crippen LogP contribution is 2.31. The molecule has 4 rings (SSSR count). The predicted molar refractivity (Wildman–Crippen MR) is 123 cm³/mol. The molecule has 3 aromatic carbocycles. The van der Waals surface area contributed by atoms with Crippen molar-refractivity contribution in [3.8, 4) is 10.6 Å². The summed E-state index contributed by atoms with van der Waals surface area (Å²) in [6, 6.07) is 21.4. The Morgan fingerprint density at radius 2 is 1.52 bits per heavy atom. The van der Waals surface area contributed by atoms with Crippen LogP contribution in [0.15, 0.2) is 66.7 Å². The van der Waals surface area contributed by atoms with E-state index in [0.29, 0.717) is 0 Å². The van der Waals surface area contributed by atoms with Crippen LogP contribution in [0.3, 0.4) is 0 Å². The first-order valence-corrected chi connectivity index (χ1v) is 10.1. The Balaban J connectivity index is 1.42. The van der Waals surface area contributed by atoms with E-state index in [9.17, 15) is 4.79 Å². The number of benzene rings is 3. The van der Waals surface area contributed by atoms with Crippen LogP contribution in [0.5, 0.6) is 0 Å². The maximum Gasteiger partial charge on any atom is 0.323 e. The summed E-state index contributed by atoms with van der Waals surface area (Å²) in [6.07, 6.45) is 0. The Morgan fingerprint density at radius 1 is 0.897 bits per heavy atom. The van der Waals surface area contributed by atoms with Gasteiger partial charge in [-0.3, -0.25) is 0 Å². The predicted octanol–water partition coefficient (Wildman–Crippen LogP) is 5.98. The number of nitrogens with zero attached hydrogens (tertiary/aromatic N) is 2. The molecule has 0 aliphatic heterocycles. The molecular weight excluding hydrogens is 380 g/mol. The van der Waals surface area contributed by atoms with Crippen LogP contribution in [0.2, 0.25) is 0 Å². The topological polar surface area (TPSA) is 57.3 Å². The Kier molecular flexibility index (Phi) is 5.18. The number of amides is 2. The molecule has 0 saturated carbocycles. The van der Waals surface area contributed by atoms with E-state index in [1.54, 1.807) is 11.3 Å². The molecule has 5 nitrogen and oxygen atoms in total. The summed E-state index contributed by atoms with van der Waals surface area (Å²) < 4.78 is 1.18. The smallest absolute Gasteiger partial charge is 0.323 e. The van der Waals surface area contributed by atoms with Crippen molar-refractivity contribution in [3.05, 3.63) is 72.3 Å². The molecule has 0 spiro atoms. The summed E-state index contributed by atoms with van der Waals surface area (Å²) in [7, 11) is 3.96. The molecule has 2 N–H and O–H groups in total. The zero-order valence-electron chi connectivity index (χ0n) is 16.6. The van der Waals surface area contributed by atoms with Crippen LogP contribution in [-0.2, 0) is 0 Å². The molecule has 0 atom stereocenters. The number of carbonyl (C=O) groups excluding carboxylic acids is 1. The minimum Gasteiger partial charge on any atom is -0.378 e. The number of fused-ring (bicyclic) bond motifs is 1. The van der Waals surface area contributed by atoms with Gasteiger partial charge in [-0.1, -0.05) is 6.07 Å². The quantitative estimate of drug-likeness (QED) is 0.441. The van der Waals surface area contributed by atoms with E-state index in [4.69, 9.17) is 4.98 Å². The Labute approximate surface area is 174 Å². The van der Waals surface area contributed by atoms with Crippen molar-refractivity contribution in [3.63, 3.8) is 0 Å². The number of hydrogen-bond donors (Lipinski definition) is 2. The number of aromatic nitrogens is 1. The van der Waals surface area contributed by atoms with Crippen LogP contribution in [-0.4, -0.2) is 25.1 Å². The average molecular weight is 403 g/mol. The van der Waals surface area contributed by atoms with Crippen molar-refractivity contribution in [2.75, 3.05) is 29.6 Å². The van der Waals surface area contributed by atoms with Gasteiger partial charge in [0.1, 0.15) is 5.01 Å². The van der Waals surface area contributed by atoms with E-state index in [-0.39, 0.29) is 6.03 Å². The average Bonchev–Trinajstić information content (AvgIpc) is 3.12. The number of aryl methyl sites for hydroxylation is 1. The molecule has 4 aromatic rings. The molecule has 146 valence electrons. The monoisotopic (exact) mass is 402 g/mol. The molecule has 29 heavy (non-hydrogen) atoms. The van der Waals surface area contributed by atoms with Gasteiger partial charge in [0, 0.05) is 36.7 Å². The number of urea groups is 1. The van der Waals surface area contributed by atoms with Crippen molar-refractivity contribution in [1.29, 1.82) is 0 Å². The van der Waals surface area contributed by atoms with Gasteiger partial charge in [-0.2, -0.15) is 0 Å². The third-order valence-corrected chi connectivity index (χ3v) is 5.64. The molecule has 1 aromatic heterocycles. The lowest BCUT2D eigenvalue weighted by atomic mass is 10.2. The van der Waals surface area contributed by atoms with Gasteiger partial charge in [-0.05, 0) is 73.2 Å². The molecule has 1 heterocycles. The highest BCUT2D eigenvalue weighted by molar-refractivity contribution is 7.21. The van der Waals surface area contributed by atoms with E-state index >= 15 is 0 Å². The minimum absolute atomic E-state index is 0.272. The SMILES string of the molecule is Cc1ccc2nc(-c3ccc(NC(=O)Nc4ccc(N(C)C)cc4)cc3)sc2c1. The minimum atomic E-state index is -0.272. The normalized spacial score (nSPS) is 10.7. The van der Waals surface area contributed by atoms with Gasteiger partial charge in [-0.15, -0.1) is 11.3 Å². The first kappa shape index (κ1) is 19.0. The second kappa shape index (κ2) is 7.93. The van der Waals surface area contributed by atoms with Gasteiger partial charge in [-0.25, -0.2) is 9.78 Å². The van der Waals surface area contributed by atoms with Crippen molar-refractivity contribution < 1.29 is 4.79 Å². The Morgan fingerprint density at radius 3 is 2.14 bits per heavy atom. The standard InChI is InChI=1S/C23H22N4OS/c1-15-4-13-20-21(14-15)29-22(26-20)16-5-7-17(8-6-16)24-23(28)25-18-9-11-19(12-10-18)27(2)3/h4-14H,1-3H3,(H2,24,25,28). The van der Waals surface area contributed by atoms with Crippen LogP contribution in [0.1, 0.15) is 5.56 Å². The fourth-order valence-corrected chi connectivity index (χ4v) is 4.06. The largest absolute Gasteiger partial charge is 0.378 e. The Hall–Kier alpha value is -3.38. The van der Waals surface area contributed by atoms with Crippen molar-refractivity contribution >= 4 is 44.6 Å². The highest BCUT2D eigenvalue weighted by atomic mass is 32.1. The van der Waals surface area contributed by atoms with E-state index in [1.807, 2.05) is 67.5 Å². The van der Waals surface area contributed by atoms with Gasteiger partial charge in [0.2, 0.25) is 0 Å². The lowest BCUT2D eigenvalue weighted by Gasteiger charge is -2.13. The zero-order valence-corrected chi connectivity index (χ0v) is 17.4. The second-order valence-corrected chi connectivity index (χ2v) is 8.12. The molecule has 0 radical (unpaired) electrons. The molecule has 0 fully saturated rings. The van der Waals surface area contributed by atoms with Gasteiger partial charge in [0.05, 0.1) is 10.2 Å². The van der Waals surface area contributed by atoms with Gasteiger partial charge in [0.25, 0.3) is 0 Å². The highest BCUT2D eigenvalue weighted by Gasteiger charge is 2.08. The molecule has 2 amide bonds. The first-order valence-electron chi connectivity index (χ1n) is 9.31. The summed E-state index contributed by atoms with van der Waals surface area (Å²) in [4.78, 5) is 19.0. The number of nitrogens with one attached hydrogen (secondary N) is 2. The molecule has 0 unspecified atom stereocenters. The van der Waals surface area contributed by atoms with E-state index < -0.39 is 0 Å². The van der Waals surface area contributed by atoms with Crippen LogP contribution in [0.25, 0.3) is 20.8 Å². The number of anilines is 3. The second-order valence-electron chi connectivity index (χ2n) is 7.09. The molecule has 6 heteroatoms. The van der Waals surface area contributed by atoms with Gasteiger partial charge >= 0.3 is 6.03 Å². The summed E-state index contributed by atoms with van der Waals surface area (Å²) in [5, 5.41) is 6.68. The van der Waals surface area contributed by atoms with Crippen molar-refractivity contribution in [2.24, 2.45) is 0 Å². The van der Waals surface area contributed by atoms with E-state index in [0.717, 1.165) is 33.1 Å². The van der Waals surface area contributed by atoms with Crippen molar-refractivity contribution in [2.45, 2.75) is 6.92 Å². The molecule has 0 aliphatic rings. The number of thiazole rings is 1. The molecular formula is C23H22N4OS. The van der Waals surface area contributed by atoms with Crippen LogP contribution in [0.4, 0.5) is 21.9 Å². The molecule has 0 aliphatic carbocycles. The van der Waals surface area contributed by atoms with E-state index in [1.165, 1.54) is 10.3 Å². The number of carbonyl (C=O) groups is 1. The molecule has 0 saturated heterocycles. The maximum absolute atomic E-state index is 12.3. The lowest BCUT2D eigenvalue weighted by molar-refractivity contribution is 0.262. The summed E-state index contributed by atoms with van der Waals surface area (Å²) in [5.41, 5.74) is 5.83. The summed E-state index contributed by atoms with van der Waals surface area (Å²) in [5.74, 6) is 0. The van der Waals surface area contributed by atoms with Gasteiger partial charge in [0.15, 0.2) is 0 Å². The summed E-state index contributed by atoms with van der Waals surface area (Å²) in [6.45, 7) is 2.08. The number of hydrogen-bond acceptors (Lipinski definition) is 4. The van der Waals surface area contributed by atoms with Crippen LogP contribution in [0, 0.1) is 6.92 Å². The Bertz CT molecular complexity index is 1150. The van der Waals surface area contributed by atoms with Crippen molar-refractivity contribution in [1.82, 2.24) is 4.98 Å². The van der Waals surface area contributed by atoms with Crippen LogP contribution >= 0.6 is 11.3 Å². The lowest BCUT2D eigenvalue weighted by Crippen LogP contribution is -2.19. The summed E-state index contributed by atoms with van der Waals surface area (Å²) >= 11 is 1.67. The number of rotatable bonds is 4. The maximum atomic E-state index is 12.3. The van der Waals surface area contributed by atoms with Crippen LogP contribution < -0.4 is 15.5 Å². The third-order valence-electron chi connectivity index (χ3n) is 4.58. The zero-order chi connectivity index (χ0) is 20.4. The fraction of sp³-hybridized carbons (Fsp3) is 0.130. The molecule has 0 bridgehead atoms. The van der Waals surface area contributed by atoms with Gasteiger partial charge < -0.3 is 15.5 Å². The fourth-order valence-electron chi connectivity index (χ4n) is 2.99. The first-order chi connectivity index (χ1) is 14.0. The third kappa shape index (κ3) is 4.38. The van der Waals surface area contributed by atoms with E-state index in [2.05, 4.69) is 35.8 Å².